The van der Waals surface area contributed by atoms with Crippen LogP contribution in [0.3, 0.4) is 0 Å². The van der Waals surface area contributed by atoms with Crippen molar-refractivity contribution in [2.75, 3.05) is 41.8 Å². The molecule has 2 aromatic rings. The van der Waals surface area contributed by atoms with Crippen LogP contribution in [0, 0.1) is 11.8 Å². The predicted molar refractivity (Wildman–Crippen MR) is 112 cm³/mol. The summed E-state index contributed by atoms with van der Waals surface area (Å²) in [6, 6.07) is 7.51. The molecule has 3 atom stereocenters. The minimum absolute atomic E-state index is 0.139. The Kier molecular flexibility index (Phi) is 4.96. The zero-order valence-corrected chi connectivity index (χ0v) is 18.2. The third-order valence-corrected chi connectivity index (χ3v) is 6.24. The van der Waals surface area contributed by atoms with Crippen LogP contribution in [0.1, 0.15) is 22.6 Å². The molecule has 2 aliphatic heterocycles. The number of carbonyl (C=O) groups excluding carboxylic acids is 1. The van der Waals surface area contributed by atoms with Gasteiger partial charge < -0.3 is 33.3 Å². The summed E-state index contributed by atoms with van der Waals surface area (Å²) in [5, 5.41) is 4.26. The first-order chi connectivity index (χ1) is 15.6. The molecule has 3 aliphatic rings. The van der Waals surface area contributed by atoms with E-state index in [9.17, 15) is 4.79 Å². The van der Waals surface area contributed by atoms with Crippen LogP contribution in [-0.2, 0) is 14.4 Å². The van der Waals surface area contributed by atoms with Gasteiger partial charge in [-0.05, 0) is 35.4 Å². The number of nitrogens with zero attached hydrogens (tertiary/aromatic N) is 1. The molecule has 0 aromatic heterocycles. The number of benzene rings is 2. The van der Waals surface area contributed by atoms with E-state index < -0.39 is 11.8 Å². The molecule has 0 bridgehead atoms. The maximum atomic E-state index is 13.1. The predicted octanol–water partition coefficient (Wildman–Crippen LogP) is 2.73. The van der Waals surface area contributed by atoms with E-state index in [1.807, 2.05) is 24.3 Å². The molecule has 32 heavy (non-hydrogen) atoms. The summed E-state index contributed by atoms with van der Waals surface area (Å²) < 4.78 is 33.1. The zero-order valence-electron chi connectivity index (χ0n) is 18.2. The monoisotopic (exact) mass is 441 g/mol. The van der Waals surface area contributed by atoms with Crippen LogP contribution in [0.25, 0.3) is 0 Å². The molecular weight excluding hydrogens is 418 g/mol. The fourth-order valence-electron chi connectivity index (χ4n) is 4.82. The Bertz CT molecular complexity index is 1090. The van der Waals surface area contributed by atoms with E-state index in [-0.39, 0.29) is 25.3 Å². The number of rotatable bonds is 5. The largest absolute Gasteiger partial charge is 0.493 e. The first kappa shape index (κ1) is 20.3. The highest BCUT2D eigenvalue weighted by Crippen LogP contribution is 2.52. The van der Waals surface area contributed by atoms with Crippen molar-refractivity contribution < 1.29 is 38.1 Å². The Labute approximate surface area is 184 Å². The normalized spacial score (nSPS) is 22.2. The molecule has 1 aliphatic carbocycles. The number of carbonyl (C=O) groups is 1. The molecule has 5 rings (SSSR count). The van der Waals surface area contributed by atoms with Gasteiger partial charge in [0.25, 0.3) is 0 Å². The highest BCUT2D eigenvalue weighted by atomic mass is 16.7. The number of hydrogen-bond acceptors (Lipinski definition) is 9. The van der Waals surface area contributed by atoms with Crippen molar-refractivity contribution in [1.82, 2.24) is 0 Å². The summed E-state index contributed by atoms with van der Waals surface area (Å²) in [6.07, 6.45) is 0. The van der Waals surface area contributed by atoms with Crippen LogP contribution < -0.4 is 23.7 Å². The molecule has 0 radical (unpaired) electrons. The van der Waals surface area contributed by atoms with Crippen molar-refractivity contribution in [2.45, 2.75) is 5.92 Å². The van der Waals surface area contributed by atoms with Crippen molar-refractivity contribution >= 4 is 11.7 Å². The van der Waals surface area contributed by atoms with Gasteiger partial charge in [-0.2, -0.15) is 0 Å². The average Bonchev–Trinajstić information content (AvgIpc) is 3.49. The molecule has 1 unspecified atom stereocenters. The number of fused-ring (bicyclic) bond motifs is 4. The maximum absolute atomic E-state index is 13.1. The SMILES string of the molecule is COC(=O)[C@H]1C2CON=C2c2cc3c(cc2[C@H]1c1cc(OC)c(OC)c(OC)c1)OCO3. The lowest BCUT2D eigenvalue weighted by Gasteiger charge is -2.36. The summed E-state index contributed by atoms with van der Waals surface area (Å²) in [5.41, 5.74) is 3.23. The summed E-state index contributed by atoms with van der Waals surface area (Å²) in [5.74, 6) is 1.12. The van der Waals surface area contributed by atoms with Crippen LogP contribution in [-0.4, -0.2) is 53.5 Å². The summed E-state index contributed by atoms with van der Waals surface area (Å²) in [6.45, 7) is 0.420. The maximum Gasteiger partial charge on any atom is 0.310 e. The van der Waals surface area contributed by atoms with Gasteiger partial charge in [-0.1, -0.05) is 5.16 Å². The van der Waals surface area contributed by atoms with Gasteiger partial charge in [0.05, 0.1) is 46.0 Å². The molecule has 0 N–H and O–H groups in total. The molecular formula is C23H23NO8. The molecule has 2 heterocycles. The van der Waals surface area contributed by atoms with Crippen molar-refractivity contribution in [3.05, 3.63) is 41.0 Å². The van der Waals surface area contributed by atoms with E-state index in [4.69, 9.17) is 33.3 Å². The smallest absolute Gasteiger partial charge is 0.310 e. The highest BCUT2D eigenvalue weighted by Gasteiger charge is 2.49. The molecule has 0 saturated carbocycles. The second-order valence-corrected chi connectivity index (χ2v) is 7.66. The van der Waals surface area contributed by atoms with Crippen molar-refractivity contribution in [2.24, 2.45) is 17.0 Å². The fourth-order valence-corrected chi connectivity index (χ4v) is 4.82. The standard InChI is InChI=1S/C23H23NO8/c1-26-17-5-11(6-18(27-2)22(17)28-3)19-12-7-15-16(31-10-30-15)8-13(12)21-14(9-32-24-21)20(19)23(25)29-4/h5-8,14,19-20H,9-10H2,1-4H3/t14?,19-,20+/m1/s1. The van der Waals surface area contributed by atoms with Gasteiger partial charge in [0.15, 0.2) is 23.0 Å². The Morgan fingerprint density at radius 2 is 1.66 bits per heavy atom. The molecule has 0 fully saturated rings. The number of hydrogen-bond donors (Lipinski definition) is 0. The first-order valence-corrected chi connectivity index (χ1v) is 10.1. The van der Waals surface area contributed by atoms with Gasteiger partial charge in [0, 0.05) is 11.5 Å². The number of esters is 1. The Morgan fingerprint density at radius 3 is 2.28 bits per heavy atom. The molecule has 2 aromatic carbocycles. The molecule has 9 nitrogen and oxygen atoms in total. The van der Waals surface area contributed by atoms with Crippen LogP contribution in [0.15, 0.2) is 29.4 Å². The fraction of sp³-hybridized carbons (Fsp3) is 0.391. The quantitative estimate of drug-likeness (QED) is 0.654. The second kappa shape index (κ2) is 7.81. The van der Waals surface area contributed by atoms with E-state index in [1.54, 1.807) is 21.3 Å². The van der Waals surface area contributed by atoms with Crippen LogP contribution >= 0.6 is 0 Å². The minimum Gasteiger partial charge on any atom is -0.493 e. The number of ether oxygens (including phenoxy) is 6. The van der Waals surface area contributed by atoms with E-state index in [1.165, 1.54) is 7.11 Å². The molecule has 0 amide bonds. The van der Waals surface area contributed by atoms with E-state index in [2.05, 4.69) is 5.16 Å². The number of oxime groups is 1. The van der Waals surface area contributed by atoms with Crippen LogP contribution in [0.5, 0.6) is 28.7 Å². The lowest BCUT2D eigenvalue weighted by atomic mass is 9.65. The number of methoxy groups -OCH3 is 4. The Morgan fingerprint density at radius 1 is 0.969 bits per heavy atom. The molecule has 9 heteroatoms. The van der Waals surface area contributed by atoms with Gasteiger partial charge >= 0.3 is 5.97 Å². The Balaban J connectivity index is 1.77. The van der Waals surface area contributed by atoms with E-state index in [0.29, 0.717) is 34.5 Å². The topological polar surface area (TPSA) is 94.0 Å². The lowest BCUT2D eigenvalue weighted by Crippen LogP contribution is -2.40. The Hall–Kier alpha value is -3.62. The lowest BCUT2D eigenvalue weighted by molar-refractivity contribution is -0.147. The van der Waals surface area contributed by atoms with E-state index in [0.717, 1.165) is 16.7 Å². The van der Waals surface area contributed by atoms with Crippen LogP contribution in [0.4, 0.5) is 0 Å². The molecule has 0 spiro atoms. The first-order valence-electron chi connectivity index (χ1n) is 10.1. The van der Waals surface area contributed by atoms with Crippen molar-refractivity contribution in [3.8, 4) is 28.7 Å². The third kappa shape index (κ3) is 2.91. The van der Waals surface area contributed by atoms with Gasteiger partial charge in [0.2, 0.25) is 12.5 Å². The zero-order chi connectivity index (χ0) is 22.4. The molecule has 0 saturated heterocycles. The second-order valence-electron chi connectivity index (χ2n) is 7.66. The van der Waals surface area contributed by atoms with Gasteiger partial charge in [-0.3, -0.25) is 4.79 Å². The van der Waals surface area contributed by atoms with Crippen molar-refractivity contribution in [1.29, 1.82) is 0 Å². The summed E-state index contributed by atoms with van der Waals surface area (Å²) in [4.78, 5) is 18.5. The minimum atomic E-state index is -0.572. The van der Waals surface area contributed by atoms with Gasteiger partial charge in [0.1, 0.15) is 6.61 Å². The van der Waals surface area contributed by atoms with E-state index >= 15 is 0 Å². The van der Waals surface area contributed by atoms with Gasteiger partial charge in [-0.15, -0.1) is 0 Å². The summed E-state index contributed by atoms with van der Waals surface area (Å²) in [7, 11) is 6.05. The van der Waals surface area contributed by atoms with Gasteiger partial charge in [-0.25, -0.2) is 0 Å². The average molecular weight is 441 g/mol. The van der Waals surface area contributed by atoms with Crippen LogP contribution in [0.2, 0.25) is 0 Å². The van der Waals surface area contributed by atoms with Crippen molar-refractivity contribution in [3.63, 3.8) is 0 Å². The summed E-state index contributed by atoms with van der Waals surface area (Å²) >= 11 is 0. The molecule has 168 valence electrons. The third-order valence-electron chi connectivity index (χ3n) is 6.24. The highest BCUT2D eigenvalue weighted by molar-refractivity contribution is 6.08.